The van der Waals surface area contributed by atoms with Crippen molar-refractivity contribution >= 4 is 29.1 Å². The molecule has 82 valence electrons. The molecule has 0 fully saturated rings. The first-order chi connectivity index (χ1) is 7.77. The number of hydrogen-bond donors (Lipinski definition) is 1. The van der Waals surface area contributed by atoms with E-state index in [2.05, 4.69) is 0 Å². The van der Waals surface area contributed by atoms with Gasteiger partial charge in [0.2, 0.25) is 0 Å². The zero-order valence-electron chi connectivity index (χ0n) is 8.42. The Morgan fingerprint density at radius 2 is 2.00 bits per heavy atom. The molecule has 1 heterocycles. The molecule has 0 aliphatic rings. The Hall–Kier alpha value is -1.26. The van der Waals surface area contributed by atoms with Gasteiger partial charge in [0.1, 0.15) is 0 Å². The van der Waals surface area contributed by atoms with Crippen LogP contribution in [0.4, 0.5) is 0 Å². The Morgan fingerprint density at radius 3 is 2.69 bits per heavy atom. The molecule has 0 aliphatic heterocycles. The van der Waals surface area contributed by atoms with E-state index in [-0.39, 0.29) is 0 Å². The molecule has 2 nitrogen and oxygen atoms in total. The Labute approximate surface area is 102 Å². The van der Waals surface area contributed by atoms with Crippen molar-refractivity contribution < 1.29 is 9.90 Å². The molecule has 0 atom stereocenters. The molecular weight excluding hydrogens is 240 g/mol. The van der Waals surface area contributed by atoms with Crippen LogP contribution in [0.3, 0.4) is 0 Å². The van der Waals surface area contributed by atoms with Crippen molar-refractivity contribution in [2.45, 2.75) is 10.6 Å². The van der Waals surface area contributed by atoms with E-state index in [0.29, 0.717) is 5.56 Å². The van der Waals surface area contributed by atoms with Gasteiger partial charge < -0.3 is 5.11 Å². The molecule has 0 amide bonds. The molecule has 2 rings (SSSR count). The lowest BCUT2D eigenvalue weighted by atomic mass is 10.2. The molecule has 16 heavy (non-hydrogen) atoms. The molecule has 0 saturated heterocycles. The zero-order chi connectivity index (χ0) is 11.4. The highest BCUT2D eigenvalue weighted by molar-refractivity contribution is 7.98. The van der Waals surface area contributed by atoms with Crippen LogP contribution in [0, 0.1) is 0 Å². The van der Waals surface area contributed by atoms with E-state index in [9.17, 15) is 4.79 Å². The van der Waals surface area contributed by atoms with Crippen molar-refractivity contribution in [3.05, 3.63) is 52.2 Å². The standard InChI is InChI=1S/C12H10O2S2/c13-12(14)10-7-15-8-11(10)16-6-9-4-2-1-3-5-9/h1-5,7-8H,6H2,(H,13,14). The molecule has 1 N–H and O–H groups in total. The number of carboxylic acids is 1. The van der Waals surface area contributed by atoms with E-state index in [4.69, 9.17) is 5.11 Å². The largest absolute Gasteiger partial charge is 0.478 e. The summed E-state index contributed by atoms with van der Waals surface area (Å²) in [6.07, 6.45) is 0. The van der Waals surface area contributed by atoms with E-state index >= 15 is 0 Å². The van der Waals surface area contributed by atoms with E-state index in [1.54, 1.807) is 17.1 Å². The summed E-state index contributed by atoms with van der Waals surface area (Å²) < 4.78 is 0. The molecule has 0 bridgehead atoms. The summed E-state index contributed by atoms with van der Waals surface area (Å²) in [6.45, 7) is 0. The predicted octanol–water partition coefficient (Wildman–Crippen LogP) is 3.74. The fourth-order valence-electron chi connectivity index (χ4n) is 1.29. The summed E-state index contributed by atoms with van der Waals surface area (Å²) in [5.41, 5.74) is 1.61. The number of hydrogen-bond acceptors (Lipinski definition) is 3. The smallest absolute Gasteiger partial charge is 0.337 e. The fourth-order valence-corrected chi connectivity index (χ4v) is 3.30. The van der Waals surface area contributed by atoms with Crippen LogP contribution in [0.2, 0.25) is 0 Å². The van der Waals surface area contributed by atoms with Gasteiger partial charge in [0.05, 0.1) is 5.56 Å². The van der Waals surface area contributed by atoms with Crippen molar-refractivity contribution in [2.24, 2.45) is 0 Å². The summed E-state index contributed by atoms with van der Waals surface area (Å²) in [5, 5.41) is 12.5. The van der Waals surface area contributed by atoms with E-state index in [1.165, 1.54) is 16.9 Å². The van der Waals surface area contributed by atoms with Crippen LogP contribution in [0.1, 0.15) is 15.9 Å². The van der Waals surface area contributed by atoms with Gasteiger partial charge in [-0.15, -0.1) is 11.8 Å². The summed E-state index contributed by atoms with van der Waals surface area (Å²) in [5.74, 6) is -0.0467. The van der Waals surface area contributed by atoms with E-state index in [1.807, 2.05) is 35.7 Å². The molecule has 0 radical (unpaired) electrons. The lowest BCUT2D eigenvalue weighted by Gasteiger charge is -2.00. The van der Waals surface area contributed by atoms with Crippen LogP contribution in [-0.4, -0.2) is 11.1 Å². The number of rotatable bonds is 4. The van der Waals surface area contributed by atoms with Crippen molar-refractivity contribution in [3.63, 3.8) is 0 Å². The average molecular weight is 250 g/mol. The summed E-state index contributed by atoms with van der Waals surface area (Å²) in [6, 6.07) is 10.0. The Balaban J connectivity index is 2.05. The first-order valence-corrected chi connectivity index (χ1v) is 6.66. The number of aromatic carboxylic acids is 1. The van der Waals surface area contributed by atoms with Crippen LogP contribution in [0.5, 0.6) is 0 Å². The first kappa shape index (κ1) is 11.2. The molecule has 0 saturated carbocycles. The average Bonchev–Trinajstić information content (AvgIpc) is 2.76. The van der Waals surface area contributed by atoms with Crippen LogP contribution in [-0.2, 0) is 5.75 Å². The maximum Gasteiger partial charge on any atom is 0.337 e. The normalized spacial score (nSPS) is 10.2. The number of carbonyl (C=O) groups is 1. The molecule has 2 aromatic rings. The second-order valence-corrected chi connectivity index (χ2v) is 4.99. The number of thioether (sulfide) groups is 1. The van der Waals surface area contributed by atoms with Crippen molar-refractivity contribution in [1.82, 2.24) is 0 Å². The molecule has 0 aliphatic carbocycles. The minimum atomic E-state index is -0.850. The van der Waals surface area contributed by atoms with Crippen molar-refractivity contribution in [2.75, 3.05) is 0 Å². The van der Waals surface area contributed by atoms with Gasteiger partial charge in [-0.2, -0.15) is 11.3 Å². The minimum absolute atomic E-state index is 0.408. The van der Waals surface area contributed by atoms with Gasteiger partial charge in [-0.1, -0.05) is 30.3 Å². The summed E-state index contributed by atoms with van der Waals surface area (Å²) in [4.78, 5) is 11.7. The highest BCUT2D eigenvalue weighted by Gasteiger charge is 2.11. The third kappa shape index (κ3) is 2.65. The van der Waals surface area contributed by atoms with E-state index < -0.39 is 5.97 Å². The second-order valence-electron chi connectivity index (χ2n) is 3.23. The number of thiophene rings is 1. The molecule has 1 aromatic heterocycles. The van der Waals surface area contributed by atoms with Crippen LogP contribution in [0.15, 0.2) is 46.0 Å². The van der Waals surface area contributed by atoms with Gasteiger partial charge in [0.25, 0.3) is 0 Å². The van der Waals surface area contributed by atoms with Gasteiger partial charge in [0.15, 0.2) is 0 Å². The SMILES string of the molecule is O=C(O)c1cscc1SCc1ccccc1. The summed E-state index contributed by atoms with van der Waals surface area (Å²) in [7, 11) is 0. The van der Waals surface area contributed by atoms with Gasteiger partial charge >= 0.3 is 5.97 Å². The lowest BCUT2D eigenvalue weighted by Crippen LogP contribution is -1.95. The first-order valence-electron chi connectivity index (χ1n) is 4.73. The minimum Gasteiger partial charge on any atom is -0.478 e. The van der Waals surface area contributed by atoms with Crippen LogP contribution >= 0.6 is 23.1 Å². The van der Waals surface area contributed by atoms with Crippen LogP contribution in [0.25, 0.3) is 0 Å². The molecule has 0 unspecified atom stereocenters. The third-order valence-electron chi connectivity index (χ3n) is 2.09. The molecule has 1 aromatic carbocycles. The lowest BCUT2D eigenvalue weighted by molar-refractivity contribution is 0.0694. The molecule has 4 heteroatoms. The van der Waals surface area contributed by atoms with Gasteiger partial charge in [-0.05, 0) is 5.56 Å². The van der Waals surface area contributed by atoms with Gasteiger partial charge in [0, 0.05) is 21.4 Å². The van der Waals surface area contributed by atoms with Crippen molar-refractivity contribution in [1.29, 1.82) is 0 Å². The number of carboxylic acid groups (broad SMARTS) is 1. The molecular formula is C12H10O2S2. The molecule has 0 spiro atoms. The highest BCUT2D eigenvalue weighted by Crippen LogP contribution is 2.29. The van der Waals surface area contributed by atoms with E-state index in [0.717, 1.165) is 10.6 Å². The fraction of sp³-hybridized carbons (Fsp3) is 0.0833. The topological polar surface area (TPSA) is 37.3 Å². The maximum absolute atomic E-state index is 10.9. The van der Waals surface area contributed by atoms with Crippen molar-refractivity contribution in [3.8, 4) is 0 Å². The monoisotopic (exact) mass is 250 g/mol. The van der Waals surface area contributed by atoms with Gasteiger partial charge in [-0.3, -0.25) is 0 Å². The quantitative estimate of drug-likeness (QED) is 0.840. The predicted molar refractivity (Wildman–Crippen MR) is 67.3 cm³/mol. The Morgan fingerprint density at radius 1 is 1.25 bits per heavy atom. The van der Waals surface area contributed by atoms with Gasteiger partial charge in [-0.25, -0.2) is 4.79 Å². The Kier molecular flexibility index (Phi) is 3.64. The maximum atomic E-state index is 10.9. The number of benzene rings is 1. The Bertz CT molecular complexity index is 477. The zero-order valence-corrected chi connectivity index (χ0v) is 10.1. The second kappa shape index (κ2) is 5.18. The van der Waals surface area contributed by atoms with Crippen LogP contribution < -0.4 is 0 Å². The third-order valence-corrected chi connectivity index (χ3v) is 4.11. The summed E-state index contributed by atoms with van der Waals surface area (Å²) >= 11 is 2.99. The highest BCUT2D eigenvalue weighted by atomic mass is 32.2.